The predicted molar refractivity (Wildman–Crippen MR) is 234 cm³/mol. The van der Waals surface area contributed by atoms with Gasteiger partial charge in [-0.15, -0.1) is 0 Å². The van der Waals surface area contributed by atoms with Crippen LogP contribution in [0.4, 0.5) is 5.82 Å². The first-order valence-corrected chi connectivity index (χ1v) is 25.8. The molecule has 0 saturated carbocycles. The average molecular weight is 926 g/mol. The van der Waals surface area contributed by atoms with E-state index < -0.39 is 83.7 Å². The van der Waals surface area contributed by atoms with E-state index in [1.165, 1.54) is 70.3 Å². The number of phosphoric ester groups is 2. The van der Waals surface area contributed by atoms with Gasteiger partial charge in [0.15, 0.2) is 12.3 Å². The number of hydrogen-bond donors (Lipinski definition) is 5. The third kappa shape index (κ3) is 24.7. The molecule has 0 spiro atoms. The molecule has 0 bridgehead atoms. The highest BCUT2D eigenvalue weighted by Crippen LogP contribution is 2.60. The molecule has 4 unspecified atom stereocenters. The minimum Gasteiger partial charge on any atom is -0.462 e. The number of nitrogen functional groups attached to an aromatic ring is 1. The number of ether oxygens (including phenoxy) is 3. The highest BCUT2D eigenvalue weighted by molar-refractivity contribution is 7.61. The Morgan fingerprint density at radius 2 is 1.29 bits per heavy atom. The second-order valence-electron chi connectivity index (χ2n) is 17.0. The van der Waals surface area contributed by atoms with Crippen LogP contribution in [0, 0.1) is 11.8 Å². The van der Waals surface area contributed by atoms with Gasteiger partial charge in [-0.05, 0) is 30.7 Å². The number of rotatable bonds is 36. The molecule has 360 valence electrons. The van der Waals surface area contributed by atoms with Crippen molar-refractivity contribution in [2.45, 2.75) is 200 Å². The standard InChI is InChI=1S/C42H77N3O15P2/c1-5-33(4)24-20-16-12-9-10-14-18-22-26-38(47)58-34(29-55-37(46)25-21-17-13-8-6-7-11-15-19-23-32(2)3)30-56-61(51,52)60-62(53,54)57-31-35-39(48)40(49)41(59-35)45-28-27-36(43)44-42(45)50/h27-28,32-35,39-41,48-49H,5-26,29-31H2,1-4H3,(H,51,52)(H,53,54)(H2,43,44,50)/t33?,34-,35-,39+,40?,41-/m1/s1. The quantitative estimate of drug-likeness (QED) is 0.0242. The van der Waals surface area contributed by atoms with Crippen LogP contribution < -0.4 is 11.4 Å². The van der Waals surface area contributed by atoms with E-state index in [1.54, 1.807) is 0 Å². The van der Waals surface area contributed by atoms with Crippen LogP contribution >= 0.6 is 15.6 Å². The number of carbonyl (C=O) groups is 2. The zero-order valence-corrected chi connectivity index (χ0v) is 39.3. The van der Waals surface area contributed by atoms with Gasteiger partial charge in [-0.1, -0.05) is 143 Å². The van der Waals surface area contributed by atoms with Crippen LogP contribution in [0.2, 0.25) is 0 Å². The lowest BCUT2D eigenvalue weighted by atomic mass is 9.99. The topological polar surface area (TPSA) is 265 Å². The normalized spacial score (nSPS) is 20.7. The number of aliphatic hydroxyl groups is 2. The summed E-state index contributed by atoms with van der Waals surface area (Å²) < 4.78 is 56.6. The first kappa shape index (κ1) is 55.9. The van der Waals surface area contributed by atoms with Crippen molar-refractivity contribution in [3.63, 3.8) is 0 Å². The summed E-state index contributed by atoms with van der Waals surface area (Å²) in [7, 11) is -10.8. The lowest BCUT2D eigenvalue weighted by molar-refractivity contribution is -0.161. The molecular formula is C42H77N3O15P2. The zero-order valence-electron chi connectivity index (χ0n) is 37.5. The number of nitrogens with zero attached hydrogens (tertiary/aromatic N) is 2. The second kappa shape index (κ2) is 30.8. The van der Waals surface area contributed by atoms with Gasteiger partial charge in [-0.3, -0.25) is 23.2 Å². The van der Waals surface area contributed by atoms with Gasteiger partial charge >= 0.3 is 33.3 Å². The smallest absolute Gasteiger partial charge is 0.462 e. The molecule has 6 N–H and O–H groups in total. The van der Waals surface area contributed by atoms with Crippen LogP contribution in [0.25, 0.3) is 0 Å². The monoisotopic (exact) mass is 925 g/mol. The lowest BCUT2D eigenvalue weighted by Gasteiger charge is -2.21. The summed E-state index contributed by atoms with van der Waals surface area (Å²) in [6, 6.07) is 1.25. The molecule has 1 aromatic rings. The summed E-state index contributed by atoms with van der Waals surface area (Å²) >= 11 is 0. The summed E-state index contributed by atoms with van der Waals surface area (Å²) in [5.74, 6) is 0.216. The summed E-state index contributed by atoms with van der Waals surface area (Å²) in [4.78, 5) is 61.6. The van der Waals surface area contributed by atoms with Crippen molar-refractivity contribution >= 4 is 33.4 Å². The Hall–Kier alpha value is -2.24. The van der Waals surface area contributed by atoms with Gasteiger partial charge < -0.3 is 39.9 Å². The van der Waals surface area contributed by atoms with Crippen LogP contribution in [0.15, 0.2) is 17.1 Å². The van der Waals surface area contributed by atoms with Crippen molar-refractivity contribution < 1.29 is 66.3 Å². The lowest BCUT2D eigenvalue weighted by Crippen LogP contribution is -2.36. The number of aromatic nitrogens is 2. The Kier molecular flexibility index (Phi) is 27.8. The van der Waals surface area contributed by atoms with Gasteiger partial charge in [0.05, 0.1) is 13.2 Å². The molecular weight excluding hydrogens is 848 g/mol. The van der Waals surface area contributed by atoms with E-state index in [-0.39, 0.29) is 18.7 Å². The number of esters is 2. The third-order valence-corrected chi connectivity index (χ3v) is 13.5. The van der Waals surface area contributed by atoms with Crippen LogP contribution in [0.5, 0.6) is 0 Å². The number of hydrogen-bond acceptors (Lipinski definition) is 15. The van der Waals surface area contributed by atoms with E-state index in [0.29, 0.717) is 12.8 Å². The Morgan fingerprint density at radius 3 is 1.84 bits per heavy atom. The summed E-state index contributed by atoms with van der Waals surface area (Å²) in [5.41, 5.74) is 4.58. The molecule has 0 aromatic carbocycles. The highest BCUT2D eigenvalue weighted by atomic mass is 31.3. The largest absolute Gasteiger partial charge is 0.481 e. The average Bonchev–Trinajstić information content (AvgIpc) is 3.48. The van der Waals surface area contributed by atoms with E-state index in [4.69, 9.17) is 29.0 Å². The molecule has 8 atom stereocenters. The number of unbranched alkanes of at least 4 members (excludes halogenated alkanes) is 15. The van der Waals surface area contributed by atoms with E-state index in [2.05, 4.69) is 37.0 Å². The highest BCUT2D eigenvalue weighted by Gasteiger charge is 2.46. The minimum atomic E-state index is -5.41. The molecule has 20 heteroatoms. The molecule has 0 radical (unpaired) electrons. The van der Waals surface area contributed by atoms with E-state index >= 15 is 0 Å². The van der Waals surface area contributed by atoms with Gasteiger partial charge in [-0.25, -0.2) is 13.9 Å². The molecule has 2 rings (SSSR count). The summed E-state index contributed by atoms with van der Waals surface area (Å²) in [6.07, 6.45) is 15.2. The van der Waals surface area contributed by atoms with Crippen LogP contribution in [-0.2, 0) is 46.3 Å². The summed E-state index contributed by atoms with van der Waals surface area (Å²) in [5, 5.41) is 20.8. The van der Waals surface area contributed by atoms with Crippen molar-refractivity contribution in [3.05, 3.63) is 22.7 Å². The number of anilines is 1. The van der Waals surface area contributed by atoms with Crippen LogP contribution in [0.3, 0.4) is 0 Å². The fourth-order valence-corrected chi connectivity index (χ4v) is 9.05. The zero-order chi connectivity index (χ0) is 46.0. The molecule has 1 fully saturated rings. The Balaban J connectivity index is 1.84. The number of nitrogens with two attached hydrogens (primary N) is 1. The molecule has 0 aliphatic carbocycles. The maximum absolute atomic E-state index is 12.8. The first-order chi connectivity index (χ1) is 29.4. The molecule has 62 heavy (non-hydrogen) atoms. The fraction of sp³-hybridized carbons (Fsp3) is 0.857. The van der Waals surface area contributed by atoms with Crippen molar-refractivity contribution in [3.8, 4) is 0 Å². The first-order valence-electron chi connectivity index (χ1n) is 22.8. The maximum Gasteiger partial charge on any atom is 0.481 e. The molecule has 2 heterocycles. The fourth-order valence-electron chi connectivity index (χ4n) is 6.94. The van der Waals surface area contributed by atoms with Crippen molar-refractivity contribution in [1.29, 1.82) is 0 Å². The Morgan fingerprint density at radius 1 is 0.774 bits per heavy atom. The molecule has 1 saturated heterocycles. The van der Waals surface area contributed by atoms with Crippen molar-refractivity contribution in [2.75, 3.05) is 25.6 Å². The van der Waals surface area contributed by atoms with Crippen LogP contribution in [-0.4, -0.2) is 85.7 Å². The maximum atomic E-state index is 12.8. The van der Waals surface area contributed by atoms with Gasteiger partial charge in [0, 0.05) is 19.0 Å². The van der Waals surface area contributed by atoms with Crippen LogP contribution in [0.1, 0.15) is 175 Å². The van der Waals surface area contributed by atoms with Gasteiger partial charge in [0.1, 0.15) is 30.7 Å². The van der Waals surface area contributed by atoms with Gasteiger partial charge in [0.25, 0.3) is 0 Å². The SMILES string of the molecule is CCC(C)CCCCCCCCCCC(=O)O[C@H](COC(=O)CCCCCCCCCCCC(C)C)COP(=O)(O)OP(=O)(O)OC[C@H]1O[C@@H](n2ccc(N)nc2=O)C(O)[C@H]1O. The molecule has 1 aliphatic rings. The molecule has 1 aliphatic heterocycles. The van der Waals surface area contributed by atoms with E-state index in [1.807, 2.05) is 0 Å². The number of carbonyl (C=O) groups excluding carboxylic acids is 2. The minimum absolute atomic E-state index is 0.0540. The van der Waals surface area contributed by atoms with Crippen molar-refractivity contribution in [2.24, 2.45) is 11.8 Å². The predicted octanol–water partition coefficient (Wildman–Crippen LogP) is 8.04. The van der Waals surface area contributed by atoms with Gasteiger partial charge in [0.2, 0.25) is 0 Å². The summed E-state index contributed by atoms with van der Waals surface area (Å²) in [6.45, 7) is 6.69. The molecule has 0 amide bonds. The Bertz CT molecular complexity index is 1570. The second-order valence-corrected chi connectivity index (χ2v) is 20.0. The molecule has 1 aromatic heterocycles. The van der Waals surface area contributed by atoms with Crippen molar-refractivity contribution in [1.82, 2.24) is 9.55 Å². The molecule has 18 nitrogen and oxygen atoms in total. The third-order valence-electron chi connectivity index (χ3n) is 10.9. The Labute approximate surface area is 368 Å². The number of phosphoric acid groups is 2. The van der Waals surface area contributed by atoms with Gasteiger partial charge in [-0.2, -0.15) is 9.29 Å². The van der Waals surface area contributed by atoms with E-state index in [9.17, 15) is 43.5 Å². The number of aliphatic hydroxyl groups excluding tert-OH is 2. The van der Waals surface area contributed by atoms with E-state index in [0.717, 1.165) is 74.0 Å².